The van der Waals surface area contributed by atoms with Crippen LogP contribution in [-0.4, -0.2) is 35.0 Å². The maximum absolute atomic E-state index is 13.6. The number of imide groups is 1. The molecule has 0 aromatic heterocycles. The van der Waals surface area contributed by atoms with E-state index in [1.54, 1.807) is 6.08 Å². The van der Waals surface area contributed by atoms with Gasteiger partial charge in [-0.2, -0.15) is 0 Å². The van der Waals surface area contributed by atoms with Crippen LogP contribution in [-0.2, 0) is 16.0 Å². The van der Waals surface area contributed by atoms with Gasteiger partial charge in [-0.05, 0) is 53.6 Å². The van der Waals surface area contributed by atoms with Gasteiger partial charge in [0.1, 0.15) is 11.6 Å². The predicted molar refractivity (Wildman–Crippen MR) is 107 cm³/mol. The van der Waals surface area contributed by atoms with Crippen molar-refractivity contribution in [1.29, 1.82) is 0 Å². The monoisotopic (exact) mass is 416 g/mol. The molecular weight excluding hydrogens is 398 g/mol. The van der Waals surface area contributed by atoms with Gasteiger partial charge < -0.3 is 5.32 Å². The SMILES string of the molecule is O=C(CCc1cc(F)ccc1F)NCCN1C(=O)S/C(=C/c2ccccc2)C1=O. The molecule has 1 heterocycles. The molecule has 8 heteroatoms. The first-order chi connectivity index (χ1) is 13.9. The van der Waals surface area contributed by atoms with Crippen molar-refractivity contribution in [3.05, 3.63) is 76.2 Å². The van der Waals surface area contributed by atoms with Crippen LogP contribution in [0, 0.1) is 11.6 Å². The topological polar surface area (TPSA) is 66.5 Å². The summed E-state index contributed by atoms with van der Waals surface area (Å²) in [4.78, 5) is 37.8. The molecule has 3 amide bonds. The van der Waals surface area contributed by atoms with Gasteiger partial charge in [0.15, 0.2) is 0 Å². The van der Waals surface area contributed by atoms with Gasteiger partial charge in [-0.25, -0.2) is 8.78 Å². The fourth-order valence-electron chi connectivity index (χ4n) is 2.77. The van der Waals surface area contributed by atoms with Crippen molar-refractivity contribution in [2.24, 2.45) is 0 Å². The second-order valence-corrected chi connectivity index (χ2v) is 7.32. The average Bonchev–Trinajstić information content (AvgIpc) is 2.97. The Morgan fingerprint density at radius 3 is 2.62 bits per heavy atom. The zero-order valence-electron chi connectivity index (χ0n) is 15.4. The van der Waals surface area contributed by atoms with Crippen LogP contribution in [0.25, 0.3) is 6.08 Å². The molecule has 1 aliphatic rings. The Labute approximate surface area is 170 Å². The first-order valence-electron chi connectivity index (χ1n) is 8.95. The average molecular weight is 416 g/mol. The number of carbonyl (C=O) groups is 3. The van der Waals surface area contributed by atoms with Gasteiger partial charge in [-0.15, -0.1) is 0 Å². The maximum Gasteiger partial charge on any atom is 0.293 e. The van der Waals surface area contributed by atoms with Crippen LogP contribution in [0.2, 0.25) is 0 Å². The number of benzene rings is 2. The fraction of sp³-hybridized carbons (Fsp3) is 0.190. The van der Waals surface area contributed by atoms with Crippen LogP contribution in [0.5, 0.6) is 0 Å². The van der Waals surface area contributed by atoms with E-state index in [0.717, 1.165) is 40.4 Å². The highest BCUT2D eigenvalue weighted by atomic mass is 32.2. The van der Waals surface area contributed by atoms with Gasteiger partial charge in [-0.1, -0.05) is 30.3 Å². The van der Waals surface area contributed by atoms with Crippen molar-refractivity contribution >= 4 is 34.9 Å². The van der Waals surface area contributed by atoms with Gasteiger partial charge in [0, 0.05) is 19.5 Å². The molecule has 1 N–H and O–H groups in total. The summed E-state index contributed by atoms with van der Waals surface area (Å²) in [6, 6.07) is 12.3. The van der Waals surface area contributed by atoms with Gasteiger partial charge in [0.25, 0.3) is 11.1 Å². The Hall–Kier alpha value is -3.00. The highest BCUT2D eigenvalue weighted by Crippen LogP contribution is 2.31. The lowest BCUT2D eigenvalue weighted by Gasteiger charge is -2.13. The van der Waals surface area contributed by atoms with Crippen LogP contribution < -0.4 is 5.32 Å². The van der Waals surface area contributed by atoms with Crippen molar-refractivity contribution in [1.82, 2.24) is 10.2 Å². The standard InChI is InChI=1S/C21H18F2N2O3S/c22-16-7-8-17(23)15(13-16)6-9-19(26)24-10-11-25-20(27)18(29-21(25)28)12-14-4-2-1-3-5-14/h1-5,7-8,12-13H,6,9-11H2,(H,24,26)/b18-12+. The highest BCUT2D eigenvalue weighted by Gasteiger charge is 2.34. The number of carbonyl (C=O) groups excluding carboxylic acids is 3. The normalized spacial score (nSPS) is 15.2. The summed E-state index contributed by atoms with van der Waals surface area (Å²) in [5, 5.41) is 2.19. The molecule has 0 unspecified atom stereocenters. The quantitative estimate of drug-likeness (QED) is 0.698. The Morgan fingerprint density at radius 2 is 1.86 bits per heavy atom. The summed E-state index contributed by atoms with van der Waals surface area (Å²) in [6.07, 6.45) is 1.67. The Balaban J connectivity index is 1.48. The van der Waals surface area contributed by atoms with E-state index in [9.17, 15) is 23.2 Å². The van der Waals surface area contributed by atoms with E-state index in [1.165, 1.54) is 0 Å². The van der Waals surface area contributed by atoms with Gasteiger partial charge >= 0.3 is 0 Å². The molecule has 0 aliphatic carbocycles. The van der Waals surface area contributed by atoms with Crippen LogP contribution in [0.1, 0.15) is 17.5 Å². The lowest BCUT2D eigenvalue weighted by Crippen LogP contribution is -2.37. The summed E-state index contributed by atoms with van der Waals surface area (Å²) in [5.74, 6) is -1.91. The number of thioether (sulfide) groups is 1. The molecule has 0 radical (unpaired) electrons. The lowest BCUT2D eigenvalue weighted by molar-refractivity contribution is -0.124. The van der Waals surface area contributed by atoms with Crippen LogP contribution in [0.15, 0.2) is 53.4 Å². The number of nitrogens with zero attached hydrogens (tertiary/aromatic N) is 1. The molecule has 1 aliphatic heterocycles. The Morgan fingerprint density at radius 1 is 1.10 bits per heavy atom. The number of halogens is 2. The minimum atomic E-state index is -0.567. The fourth-order valence-corrected chi connectivity index (χ4v) is 3.64. The molecule has 1 fully saturated rings. The Kier molecular flexibility index (Phi) is 6.77. The summed E-state index contributed by atoms with van der Waals surface area (Å²) < 4.78 is 26.7. The first kappa shape index (κ1) is 20.7. The van der Waals surface area contributed by atoms with Gasteiger partial charge in [-0.3, -0.25) is 19.3 Å². The zero-order valence-corrected chi connectivity index (χ0v) is 16.2. The third-order valence-corrected chi connectivity index (χ3v) is 5.17. The maximum atomic E-state index is 13.6. The number of rotatable bonds is 7. The second kappa shape index (κ2) is 9.47. The summed E-state index contributed by atoms with van der Waals surface area (Å²) in [6.45, 7) is 0.123. The molecule has 3 rings (SSSR count). The molecule has 29 heavy (non-hydrogen) atoms. The van der Waals surface area contributed by atoms with Crippen molar-refractivity contribution in [3.63, 3.8) is 0 Å². The summed E-state index contributed by atoms with van der Waals surface area (Å²) in [5.41, 5.74) is 0.938. The van der Waals surface area contributed by atoms with E-state index in [1.807, 2.05) is 30.3 Å². The van der Waals surface area contributed by atoms with Gasteiger partial charge in [0.2, 0.25) is 5.91 Å². The molecule has 2 aromatic rings. The lowest BCUT2D eigenvalue weighted by atomic mass is 10.1. The van der Waals surface area contributed by atoms with Crippen LogP contribution >= 0.6 is 11.8 Å². The van der Waals surface area contributed by atoms with Crippen molar-refractivity contribution < 1.29 is 23.2 Å². The number of amides is 3. The molecule has 1 saturated heterocycles. The zero-order chi connectivity index (χ0) is 20.8. The number of aryl methyl sites for hydroxylation is 1. The van der Waals surface area contributed by atoms with Gasteiger partial charge in [0.05, 0.1) is 4.91 Å². The molecule has 0 saturated carbocycles. The minimum Gasteiger partial charge on any atom is -0.354 e. The molecule has 5 nitrogen and oxygen atoms in total. The summed E-state index contributed by atoms with van der Waals surface area (Å²) in [7, 11) is 0. The molecule has 0 bridgehead atoms. The van der Waals surface area contributed by atoms with Crippen LogP contribution in [0.4, 0.5) is 13.6 Å². The highest BCUT2D eigenvalue weighted by molar-refractivity contribution is 8.18. The number of nitrogens with one attached hydrogen (secondary N) is 1. The van der Waals surface area contributed by atoms with E-state index < -0.39 is 22.8 Å². The molecular formula is C21H18F2N2O3S. The summed E-state index contributed by atoms with van der Waals surface area (Å²) >= 11 is 0.855. The van der Waals surface area contributed by atoms with E-state index in [2.05, 4.69) is 5.32 Å². The molecule has 0 spiro atoms. The predicted octanol–water partition coefficient (Wildman–Crippen LogP) is 3.75. The minimum absolute atomic E-state index is 0.0316. The van der Waals surface area contributed by atoms with E-state index in [4.69, 9.17) is 0 Å². The largest absolute Gasteiger partial charge is 0.354 e. The third-order valence-electron chi connectivity index (χ3n) is 4.26. The second-order valence-electron chi connectivity index (χ2n) is 6.33. The van der Waals surface area contributed by atoms with Crippen LogP contribution in [0.3, 0.4) is 0 Å². The number of hydrogen-bond acceptors (Lipinski definition) is 4. The van der Waals surface area contributed by atoms with E-state index in [0.29, 0.717) is 4.91 Å². The smallest absolute Gasteiger partial charge is 0.293 e. The number of hydrogen-bond donors (Lipinski definition) is 1. The molecule has 150 valence electrons. The van der Waals surface area contributed by atoms with Crippen molar-refractivity contribution in [2.45, 2.75) is 12.8 Å². The van der Waals surface area contributed by atoms with Crippen molar-refractivity contribution in [3.8, 4) is 0 Å². The molecule has 2 aromatic carbocycles. The molecule has 0 atom stereocenters. The van der Waals surface area contributed by atoms with E-state index >= 15 is 0 Å². The third kappa shape index (κ3) is 5.51. The van der Waals surface area contributed by atoms with Crippen molar-refractivity contribution in [2.75, 3.05) is 13.1 Å². The first-order valence-corrected chi connectivity index (χ1v) is 9.77. The Bertz CT molecular complexity index is 964. The van der Waals surface area contributed by atoms with E-state index in [-0.39, 0.29) is 37.4 Å².